The van der Waals surface area contributed by atoms with Gasteiger partial charge >= 0.3 is 0 Å². The SMILES string of the molecule is COc1ccc(C[C@@H]2SC(=O)N(c3ccccc3OC)C2=O)cc1Br. The molecule has 0 spiro atoms. The number of imide groups is 1. The minimum absolute atomic E-state index is 0.230. The summed E-state index contributed by atoms with van der Waals surface area (Å²) < 4.78 is 11.3. The van der Waals surface area contributed by atoms with E-state index in [9.17, 15) is 9.59 Å². The first kappa shape index (κ1) is 17.8. The van der Waals surface area contributed by atoms with E-state index in [1.807, 2.05) is 18.2 Å². The van der Waals surface area contributed by atoms with Crippen molar-refractivity contribution in [2.45, 2.75) is 11.7 Å². The van der Waals surface area contributed by atoms with Gasteiger partial charge in [-0.25, -0.2) is 4.90 Å². The highest BCUT2D eigenvalue weighted by Crippen LogP contribution is 2.38. The number of para-hydroxylation sites is 2. The molecule has 0 radical (unpaired) electrons. The lowest BCUT2D eigenvalue weighted by molar-refractivity contribution is -0.117. The molecular formula is C18H16BrNO4S. The Labute approximate surface area is 158 Å². The van der Waals surface area contributed by atoms with Crippen molar-refractivity contribution in [3.05, 3.63) is 52.5 Å². The average molecular weight is 422 g/mol. The van der Waals surface area contributed by atoms with Gasteiger partial charge in [-0.1, -0.05) is 30.0 Å². The number of amides is 2. The minimum Gasteiger partial charge on any atom is -0.496 e. The van der Waals surface area contributed by atoms with Gasteiger partial charge in [0.2, 0.25) is 5.91 Å². The number of halogens is 1. The van der Waals surface area contributed by atoms with Crippen molar-refractivity contribution >= 4 is 44.5 Å². The summed E-state index contributed by atoms with van der Waals surface area (Å²) in [5.41, 5.74) is 1.43. The highest BCUT2D eigenvalue weighted by atomic mass is 79.9. The molecule has 1 aliphatic rings. The summed E-state index contributed by atoms with van der Waals surface area (Å²) >= 11 is 4.48. The zero-order chi connectivity index (χ0) is 18.0. The molecule has 2 amide bonds. The van der Waals surface area contributed by atoms with E-state index >= 15 is 0 Å². The second-order valence-electron chi connectivity index (χ2n) is 5.39. The molecule has 0 N–H and O–H groups in total. The standard InChI is InChI=1S/C18H16BrNO4S/c1-23-14-8-7-11(9-12(14)19)10-16-17(21)20(18(22)25-16)13-5-3-4-6-15(13)24-2/h3-9,16H,10H2,1-2H3/t16-/m0/s1. The molecule has 130 valence electrons. The molecule has 1 fully saturated rings. The van der Waals surface area contributed by atoms with Gasteiger partial charge in [-0.3, -0.25) is 9.59 Å². The van der Waals surface area contributed by atoms with Crippen molar-refractivity contribution in [2.24, 2.45) is 0 Å². The van der Waals surface area contributed by atoms with Crippen molar-refractivity contribution in [3.63, 3.8) is 0 Å². The Kier molecular flexibility index (Phi) is 5.34. The number of hydrogen-bond donors (Lipinski definition) is 0. The Morgan fingerprint density at radius 3 is 2.48 bits per heavy atom. The number of anilines is 1. The fraction of sp³-hybridized carbons (Fsp3) is 0.222. The molecule has 7 heteroatoms. The first-order valence-electron chi connectivity index (χ1n) is 7.55. The summed E-state index contributed by atoms with van der Waals surface area (Å²) in [6, 6.07) is 12.7. The molecule has 1 heterocycles. The van der Waals surface area contributed by atoms with Crippen LogP contribution in [0.5, 0.6) is 11.5 Å². The molecule has 2 aromatic carbocycles. The number of benzene rings is 2. The summed E-state index contributed by atoms with van der Waals surface area (Å²) in [5.74, 6) is 0.991. The van der Waals surface area contributed by atoms with E-state index in [2.05, 4.69) is 15.9 Å². The summed E-state index contributed by atoms with van der Waals surface area (Å²) in [6.45, 7) is 0. The highest BCUT2D eigenvalue weighted by molar-refractivity contribution is 9.10. The lowest BCUT2D eigenvalue weighted by Crippen LogP contribution is -2.32. The lowest BCUT2D eigenvalue weighted by Gasteiger charge is -2.17. The third-order valence-electron chi connectivity index (χ3n) is 3.88. The van der Waals surface area contributed by atoms with Crippen molar-refractivity contribution < 1.29 is 19.1 Å². The number of carbonyl (C=O) groups excluding carboxylic acids is 2. The molecule has 1 saturated heterocycles. The molecule has 5 nitrogen and oxygen atoms in total. The van der Waals surface area contributed by atoms with Crippen LogP contribution < -0.4 is 14.4 Å². The summed E-state index contributed by atoms with van der Waals surface area (Å²) in [7, 11) is 3.11. The maximum Gasteiger partial charge on any atom is 0.293 e. The van der Waals surface area contributed by atoms with Crippen molar-refractivity contribution in [1.29, 1.82) is 0 Å². The minimum atomic E-state index is -0.460. The molecule has 2 aromatic rings. The second-order valence-corrected chi connectivity index (χ2v) is 7.40. The van der Waals surface area contributed by atoms with E-state index in [4.69, 9.17) is 9.47 Å². The first-order valence-corrected chi connectivity index (χ1v) is 9.22. The van der Waals surface area contributed by atoms with E-state index in [1.54, 1.807) is 31.4 Å². The Morgan fingerprint density at radius 1 is 1.08 bits per heavy atom. The largest absolute Gasteiger partial charge is 0.496 e. The van der Waals surface area contributed by atoms with Gasteiger partial charge in [-0.05, 0) is 52.2 Å². The van der Waals surface area contributed by atoms with Crippen LogP contribution in [0.1, 0.15) is 5.56 Å². The van der Waals surface area contributed by atoms with Crippen LogP contribution in [0.4, 0.5) is 10.5 Å². The van der Waals surface area contributed by atoms with Crippen LogP contribution >= 0.6 is 27.7 Å². The topological polar surface area (TPSA) is 55.8 Å². The van der Waals surface area contributed by atoms with E-state index in [-0.39, 0.29) is 11.1 Å². The molecular weight excluding hydrogens is 406 g/mol. The van der Waals surface area contributed by atoms with Gasteiger partial charge in [0.25, 0.3) is 5.24 Å². The van der Waals surface area contributed by atoms with E-state index < -0.39 is 5.25 Å². The molecule has 0 aliphatic carbocycles. The van der Waals surface area contributed by atoms with Crippen molar-refractivity contribution in [2.75, 3.05) is 19.1 Å². The second kappa shape index (κ2) is 7.49. The number of thioether (sulfide) groups is 1. The Morgan fingerprint density at radius 2 is 1.80 bits per heavy atom. The van der Waals surface area contributed by atoms with E-state index in [0.717, 1.165) is 27.5 Å². The third kappa shape index (κ3) is 3.52. The van der Waals surface area contributed by atoms with Crippen LogP contribution in [0, 0.1) is 0 Å². The molecule has 1 atom stereocenters. The summed E-state index contributed by atoms with van der Waals surface area (Å²) in [6.07, 6.45) is 0.462. The number of methoxy groups -OCH3 is 2. The number of ether oxygens (including phenoxy) is 2. The molecule has 0 unspecified atom stereocenters. The van der Waals surface area contributed by atoms with Gasteiger partial charge in [-0.15, -0.1) is 0 Å². The summed E-state index contributed by atoms with van der Waals surface area (Å²) in [4.78, 5) is 26.4. The van der Waals surface area contributed by atoms with E-state index in [1.165, 1.54) is 12.0 Å². The zero-order valence-electron chi connectivity index (χ0n) is 13.7. The molecule has 3 rings (SSSR count). The number of carbonyl (C=O) groups is 2. The van der Waals surface area contributed by atoms with Crippen molar-refractivity contribution in [1.82, 2.24) is 0 Å². The Hall–Kier alpha value is -1.99. The molecule has 0 saturated carbocycles. The van der Waals surface area contributed by atoms with Crippen molar-refractivity contribution in [3.8, 4) is 11.5 Å². The monoisotopic (exact) mass is 421 g/mol. The third-order valence-corrected chi connectivity index (χ3v) is 5.54. The van der Waals surface area contributed by atoms with Crippen LogP contribution in [-0.4, -0.2) is 30.6 Å². The molecule has 0 aromatic heterocycles. The van der Waals surface area contributed by atoms with Crippen LogP contribution in [0.3, 0.4) is 0 Å². The normalized spacial score (nSPS) is 17.1. The van der Waals surface area contributed by atoms with Gasteiger partial charge in [0.05, 0.1) is 29.6 Å². The molecule has 1 aliphatic heterocycles. The maximum atomic E-state index is 12.8. The summed E-state index contributed by atoms with van der Waals surface area (Å²) in [5, 5.41) is -0.746. The van der Waals surface area contributed by atoms with Crippen LogP contribution in [0.2, 0.25) is 0 Å². The van der Waals surface area contributed by atoms with Crippen LogP contribution in [0.25, 0.3) is 0 Å². The molecule has 0 bridgehead atoms. The molecule has 25 heavy (non-hydrogen) atoms. The highest BCUT2D eigenvalue weighted by Gasteiger charge is 2.41. The maximum absolute atomic E-state index is 12.8. The van der Waals surface area contributed by atoms with Gasteiger partial charge in [0.1, 0.15) is 11.5 Å². The van der Waals surface area contributed by atoms with Gasteiger partial charge in [0.15, 0.2) is 0 Å². The van der Waals surface area contributed by atoms with Gasteiger partial charge < -0.3 is 9.47 Å². The zero-order valence-corrected chi connectivity index (χ0v) is 16.1. The van der Waals surface area contributed by atoms with Crippen LogP contribution in [0.15, 0.2) is 46.9 Å². The number of rotatable bonds is 5. The predicted octanol–water partition coefficient (Wildman–Crippen LogP) is 4.28. The fourth-order valence-corrected chi connectivity index (χ4v) is 4.28. The lowest BCUT2D eigenvalue weighted by atomic mass is 10.1. The number of nitrogens with zero attached hydrogens (tertiary/aromatic N) is 1. The smallest absolute Gasteiger partial charge is 0.293 e. The van der Waals surface area contributed by atoms with E-state index in [0.29, 0.717) is 17.9 Å². The van der Waals surface area contributed by atoms with Gasteiger partial charge in [-0.2, -0.15) is 0 Å². The Bertz CT molecular complexity index is 826. The first-order chi connectivity index (χ1) is 12.0. The Balaban J connectivity index is 1.83. The van der Waals surface area contributed by atoms with Crippen LogP contribution in [-0.2, 0) is 11.2 Å². The predicted molar refractivity (Wildman–Crippen MR) is 102 cm³/mol. The average Bonchev–Trinajstić information content (AvgIpc) is 2.88. The fourth-order valence-electron chi connectivity index (χ4n) is 2.67. The van der Waals surface area contributed by atoms with Gasteiger partial charge in [0, 0.05) is 0 Å². The quantitative estimate of drug-likeness (QED) is 0.720. The number of hydrogen-bond acceptors (Lipinski definition) is 5.